The van der Waals surface area contributed by atoms with Crippen LogP contribution in [-0.2, 0) is 6.42 Å². The van der Waals surface area contributed by atoms with E-state index >= 15 is 0 Å². The van der Waals surface area contributed by atoms with E-state index in [1.807, 2.05) is 0 Å². The molecule has 0 unspecified atom stereocenters. The predicted octanol–water partition coefficient (Wildman–Crippen LogP) is 6.68. The van der Waals surface area contributed by atoms with Gasteiger partial charge in [0.1, 0.15) is 0 Å². The number of hydrogen-bond acceptors (Lipinski definition) is 0. The second-order valence-electron chi connectivity index (χ2n) is 6.41. The maximum Gasteiger partial charge on any atom is -0.0224 e. The lowest BCUT2D eigenvalue weighted by molar-refractivity contribution is 0.940. The Hall–Kier alpha value is -2.08. The summed E-state index contributed by atoms with van der Waals surface area (Å²) in [6, 6.07) is 17.7. The molecule has 2 rings (SSSR count). The molecule has 23 heavy (non-hydrogen) atoms. The van der Waals surface area contributed by atoms with Crippen LogP contribution in [0.4, 0.5) is 0 Å². The molecule has 0 fully saturated rings. The highest BCUT2D eigenvalue weighted by molar-refractivity contribution is 5.67. The van der Waals surface area contributed by atoms with E-state index in [0.717, 1.165) is 19.3 Å². The van der Waals surface area contributed by atoms with Gasteiger partial charge in [-0.15, -0.1) is 0 Å². The molecule has 0 amide bonds. The fourth-order valence-corrected chi connectivity index (χ4v) is 2.61. The molecule has 0 radical (unpaired) electrons. The SMILES string of the molecule is CC/C(=C\C=C(/C)CCc1ccc(C)cc1)c1ccc(C)cc1. The lowest BCUT2D eigenvalue weighted by Crippen LogP contribution is -1.87. The van der Waals surface area contributed by atoms with Gasteiger partial charge in [0.2, 0.25) is 0 Å². The first-order chi connectivity index (χ1) is 11.1. The van der Waals surface area contributed by atoms with Crippen molar-refractivity contribution in [1.29, 1.82) is 0 Å². The van der Waals surface area contributed by atoms with Gasteiger partial charge in [0.25, 0.3) is 0 Å². The van der Waals surface area contributed by atoms with Crippen molar-refractivity contribution in [2.24, 2.45) is 0 Å². The molecule has 0 aliphatic heterocycles. The fourth-order valence-electron chi connectivity index (χ4n) is 2.61. The summed E-state index contributed by atoms with van der Waals surface area (Å²) in [5.74, 6) is 0. The van der Waals surface area contributed by atoms with E-state index in [0.29, 0.717) is 0 Å². The van der Waals surface area contributed by atoms with Crippen molar-refractivity contribution < 1.29 is 0 Å². The van der Waals surface area contributed by atoms with Crippen LogP contribution in [0.15, 0.2) is 66.3 Å². The number of benzene rings is 2. The molecule has 0 heteroatoms. The highest BCUT2D eigenvalue weighted by Crippen LogP contribution is 2.19. The quantitative estimate of drug-likeness (QED) is 0.522. The Bertz CT molecular complexity index is 667. The van der Waals surface area contributed by atoms with Gasteiger partial charge in [0.15, 0.2) is 0 Å². The summed E-state index contributed by atoms with van der Waals surface area (Å²) >= 11 is 0. The largest absolute Gasteiger partial charge is 0.0730 e. The highest BCUT2D eigenvalue weighted by atomic mass is 14.0. The van der Waals surface area contributed by atoms with Crippen LogP contribution in [0.3, 0.4) is 0 Å². The Balaban J connectivity index is 2.00. The van der Waals surface area contributed by atoms with Crippen LogP contribution in [0.1, 0.15) is 48.9 Å². The number of allylic oxidation sites excluding steroid dienone is 4. The molecule has 120 valence electrons. The normalized spacial score (nSPS) is 12.5. The molecule has 0 nitrogen and oxygen atoms in total. The molecular weight excluding hydrogens is 276 g/mol. The first kappa shape index (κ1) is 17.3. The Morgan fingerprint density at radius 3 is 1.96 bits per heavy atom. The van der Waals surface area contributed by atoms with Crippen LogP contribution in [0.25, 0.3) is 5.57 Å². The topological polar surface area (TPSA) is 0 Å². The van der Waals surface area contributed by atoms with Gasteiger partial charge in [-0.2, -0.15) is 0 Å². The molecule has 0 heterocycles. The summed E-state index contributed by atoms with van der Waals surface area (Å²) in [6.45, 7) is 8.72. The lowest BCUT2D eigenvalue weighted by atomic mass is 10.00. The third-order valence-corrected chi connectivity index (χ3v) is 4.30. The minimum atomic E-state index is 1.06. The molecule has 0 saturated heterocycles. The Kier molecular flexibility index (Phi) is 6.40. The van der Waals surface area contributed by atoms with E-state index in [2.05, 4.69) is 88.4 Å². The van der Waals surface area contributed by atoms with Crippen LogP contribution in [-0.4, -0.2) is 0 Å². The Labute approximate surface area is 141 Å². The van der Waals surface area contributed by atoms with Gasteiger partial charge in [0.05, 0.1) is 0 Å². The summed E-state index contributed by atoms with van der Waals surface area (Å²) in [5.41, 5.74) is 8.23. The summed E-state index contributed by atoms with van der Waals surface area (Å²) in [4.78, 5) is 0. The van der Waals surface area contributed by atoms with Crippen LogP contribution >= 0.6 is 0 Å². The molecule has 0 atom stereocenters. The highest BCUT2D eigenvalue weighted by Gasteiger charge is 1.98. The second-order valence-corrected chi connectivity index (χ2v) is 6.41. The maximum atomic E-state index is 2.29. The summed E-state index contributed by atoms with van der Waals surface area (Å²) in [6.07, 6.45) is 7.86. The predicted molar refractivity (Wildman–Crippen MR) is 103 cm³/mol. The van der Waals surface area contributed by atoms with Crippen LogP contribution in [0.2, 0.25) is 0 Å². The van der Waals surface area contributed by atoms with Gasteiger partial charge in [-0.25, -0.2) is 0 Å². The zero-order chi connectivity index (χ0) is 16.7. The van der Waals surface area contributed by atoms with Gasteiger partial charge >= 0.3 is 0 Å². The Morgan fingerprint density at radius 1 is 0.826 bits per heavy atom. The van der Waals surface area contributed by atoms with Crippen molar-refractivity contribution in [2.45, 2.75) is 47.0 Å². The monoisotopic (exact) mass is 304 g/mol. The van der Waals surface area contributed by atoms with Crippen LogP contribution < -0.4 is 0 Å². The minimum absolute atomic E-state index is 1.06. The zero-order valence-electron chi connectivity index (χ0n) is 14.9. The fraction of sp³-hybridized carbons (Fsp3) is 0.304. The van der Waals surface area contributed by atoms with Crippen molar-refractivity contribution in [1.82, 2.24) is 0 Å². The first-order valence-electron chi connectivity index (χ1n) is 8.57. The average Bonchev–Trinajstić information content (AvgIpc) is 2.56. The standard InChI is InChI=1S/C23H28/c1-5-22(23-16-10-20(4)11-17-23)15-9-19(3)8-14-21-12-6-18(2)7-13-21/h6-7,9-13,15-17H,5,8,14H2,1-4H3/b19-9+,22-15+. The van der Waals surface area contributed by atoms with Crippen LogP contribution in [0, 0.1) is 13.8 Å². The molecular formula is C23H28. The van der Waals surface area contributed by atoms with Crippen molar-refractivity contribution in [3.8, 4) is 0 Å². The molecule has 0 saturated carbocycles. The van der Waals surface area contributed by atoms with E-state index in [1.165, 1.54) is 33.4 Å². The van der Waals surface area contributed by atoms with Crippen molar-refractivity contribution in [3.05, 3.63) is 88.5 Å². The smallest absolute Gasteiger partial charge is 0.0224 e. The van der Waals surface area contributed by atoms with Crippen molar-refractivity contribution >= 4 is 5.57 Å². The van der Waals surface area contributed by atoms with E-state index < -0.39 is 0 Å². The molecule has 0 aliphatic carbocycles. The summed E-state index contributed by atoms with van der Waals surface area (Å²) in [7, 11) is 0. The summed E-state index contributed by atoms with van der Waals surface area (Å²) < 4.78 is 0. The van der Waals surface area contributed by atoms with Gasteiger partial charge in [0, 0.05) is 0 Å². The number of rotatable bonds is 6. The van der Waals surface area contributed by atoms with E-state index in [1.54, 1.807) is 0 Å². The molecule has 2 aromatic carbocycles. The molecule has 0 aromatic heterocycles. The molecule has 2 aromatic rings. The zero-order valence-corrected chi connectivity index (χ0v) is 14.9. The van der Waals surface area contributed by atoms with Gasteiger partial charge < -0.3 is 0 Å². The van der Waals surface area contributed by atoms with E-state index in [-0.39, 0.29) is 0 Å². The van der Waals surface area contributed by atoms with Gasteiger partial charge in [-0.3, -0.25) is 0 Å². The summed E-state index contributed by atoms with van der Waals surface area (Å²) in [5, 5.41) is 0. The third-order valence-electron chi connectivity index (χ3n) is 4.30. The van der Waals surface area contributed by atoms with Crippen molar-refractivity contribution in [2.75, 3.05) is 0 Å². The van der Waals surface area contributed by atoms with Gasteiger partial charge in [-0.05, 0) is 56.7 Å². The maximum absolute atomic E-state index is 2.29. The number of hydrogen-bond donors (Lipinski definition) is 0. The average molecular weight is 304 g/mol. The molecule has 0 N–H and O–H groups in total. The van der Waals surface area contributed by atoms with Crippen molar-refractivity contribution in [3.63, 3.8) is 0 Å². The minimum Gasteiger partial charge on any atom is -0.0730 e. The third kappa shape index (κ3) is 5.56. The number of aryl methyl sites for hydroxylation is 3. The van der Waals surface area contributed by atoms with E-state index in [9.17, 15) is 0 Å². The molecule has 0 aliphatic rings. The first-order valence-corrected chi connectivity index (χ1v) is 8.57. The molecule has 0 spiro atoms. The Morgan fingerprint density at radius 2 is 1.39 bits per heavy atom. The second kappa shape index (κ2) is 8.53. The van der Waals surface area contributed by atoms with Crippen LogP contribution in [0.5, 0.6) is 0 Å². The lowest BCUT2D eigenvalue weighted by Gasteiger charge is -2.06. The van der Waals surface area contributed by atoms with E-state index in [4.69, 9.17) is 0 Å². The molecule has 0 bridgehead atoms. The van der Waals surface area contributed by atoms with Gasteiger partial charge in [-0.1, -0.05) is 84.3 Å².